The third-order valence-electron chi connectivity index (χ3n) is 3.70. The van der Waals surface area contributed by atoms with Crippen LogP contribution in [-0.4, -0.2) is 11.7 Å². The van der Waals surface area contributed by atoms with Crippen molar-refractivity contribution in [1.82, 2.24) is 0 Å². The molecule has 2 aromatic carbocycles. The van der Waals surface area contributed by atoms with Crippen molar-refractivity contribution in [2.75, 3.05) is 11.4 Å². The molecule has 3 rings (SSSR count). The van der Waals surface area contributed by atoms with Gasteiger partial charge in [-0.05, 0) is 30.7 Å². The van der Waals surface area contributed by atoms with Gasteiger partial charge in [0.1, 0.15) is 0 Å². The van der Waals surface area contributed by atoms with Crippen LogP contribution in [0.3, 0.4) is 0 Å². The van der Waals surface area contributed by atoms with Gasteiger partial charge in [-0.1, -0.05) is 55.3 Å². The lowest BCUT2D eigenvalue weighted by atomic mass is 10.1. The van der Waals surface area contributed by atoms with Crippen molar-refractivity contribution in [3.63, 3.8) is 0 Å². The molecular weight excluding hydrogens is 302 g/mol. The van der Waals surface area contributed by atoms with E-state index in [-0.39, 0.29) is 5.75 Å². The molecule has 0 fully saturated rings. The number of nitrogens with zero attached hydrogens (tertiary/aromatic N) is 1. The number of fused-ring (bicyclic) bond motifs is 2. The molecule has 0 bridgehead atoms. The number of halogens is 1. The molecule has 21 heavy (non-hydrogen) atoms. The minimum atomic E-state index is 0.188. The average Bonchev–Trinajstić information content (AvgIpc) is 2.50. The Morgan fingerprint density at radius 3 is 2.71 bits per heavy atom. The van der Waals surface area contributed by atoms with Crippen LogP contribution < -0.4 is 4.90 Å². The summed E-state index contributed by atoms with van der Waals surface area (Å²) >= 11 is 7.80. The second-order valence-electron chi connectivity index (χ2n) is 5.17. The summed E-state index contributed by atoms with van der Waals surface area (Å²) in [7, 11) is 0. The standard InChI is InChI=1S/C17H18ClNOS/c1-2-3-6-11-19-13-7-4-5-8-14(13)21-15-10-9-12(18)17(20)16(15)19/h4-5,7-10,20H,2-3,6,11H2,1H3. The highest BCUT2D eigenvalue weighted by Gasteiger charge is 2.26. The average molecular weight is 320 g/mol. The van der Waals surface area contributed by atoms with Crippen LogP contribution in [0.15, 0.2) is 46.2 Å². The van der Waals surface area contributed by atoms with Gasteiger partial charge in [-0.2, -0.15) is 0 Å². The predicted octanol–water partition coefficient (Wildman–Crippen LogP) is 5.84. The van der Waals surface area contributed by atoms with Crippen LogP contribution in [-0.2, 0) is 0 Å². The third kappa shape index (κ3) is 2.72. The summed E-state index contributed by atoms with van der Waals surface area (Å²) in [5.74, 6) is 0.188. The number of para-hydroxylation sites is 1. The van der Waals surface area contributed by atoms with Gasteiger partial charge >= 0.3 is 0 Å². The number of hydrogen-bond donors (Lipinski definition) is 1. The number of unbranched alkanes of at least 4 members (excludes halogenated alkanes) is 2. The number of benzene rings is 2. The zero-order valence-electron chi connectivity index (χ0n) is 12.0. The summed E-state index contributed by atoms with van der Waals surface area (Å²) in [5, 5.41) is 10.8. The Labute approximate surface area is 134 Å². The van der Waals surface area contributed by atoms with Gasteiger partial charge in [0, 0.05) is 16.3 Å². The van der Waals surface area contributed by atoms with Gasteiger partial charge in [-0.15, -0.1) is 0 Å². The summed E-state index contributed by atoms with van der Waals surface area (Å²) in [4.78, 5) is 4.49. The summed E-state index contributed by atoms with van der Waals surface area (Å²) in [6.07, 6.45) is 3.46. The Morgan fingerprint density at radius 2 is 1.90 bits per heavy atom. The molecule has 4 heteroatoms. The van der Waals surface area contributed by atoms with Gasteiger partial charge in [0.25, 0.3) is 0 Å². The van der Waals surface area contributed by atoms with E-state index >= 15 is 0 Å². The summed E-state index contributed by atoms with van der Waals surface area (Å²) in [6, 6.07) is 12.1. The fraction of sp³-hybridized carbons (Fsp3) is 0.294. The first-order valence-electron chi connectivity index (χ1n) is 7.28. The number of hydrogen-bond acceptors (Lipinski definition) is 3. The summed E-state index contributed by atoms with van der Waals surface area (Å²) in [6.45, 7) is 3.09. The van der Waals surface area contributed by atoms with Crippen molar-refractivity contribution in [2.45, 2.75) is 36.0 Å². The minimum Gasteiger partial charge on any atom is -0.504 e. The molecule has 1 aliphatic heterocycles. The number of aromatic hydroxyl groups is 1. The minimum absolute atomic E-state index is 0.188. The van der Waals surface area contributed by atoms with Crippen LogP contribution in [0.25, 0.3) is 0 Å². The molecule has 0 unspecified atom stereocenters. The van der Waals surface area contributed by atoms with Crippen LogP contribution in [0, 0.1) is 0 Å². The summed E-state index contributed by atoms with van der Waals surface area (Å²) in [5.41, 5.74) is 2.01. The highest BCUT2D eigenvalue weighted by atomic mass is 35.5. The van der Waals surface area contributed by atoms with Gasteiger partial charge in [0.2, 0.25) is 0 Å². The Hall–Kier alpha value is -1.32. The lowest BCUT2D eigenvalue weighted by Crippen LogP contribution is -2.22. The normalized spacial score (nSPS) is 13.0. The van der Waals surface area contributed by atoms with E-state index in [1.807, 2.05) is 12.1 Å². The smallest absolute Gasteiger partial charge is 0.159 e. The molecule has 0 spiro atoms. The molecule has 1 N–H and O–H groups in total. The SMILES string of the molecule is CCCCCN1c2ccccc2Sc2ccc(Cl)c(O)c21. The highest BCUT2D eigenvalue weighted by molar-refractivity contribution is 7.99. The maximum Gasteiger partial charge on any atom is 0.159 e. The molecule has 0 atom stereocenters. The molecular formula is C17H18ClNOS. The molecule has 1 aliphatic rings. The Balaban J connectivity index is 2.06. The van der Waals surface area contributed by atoms with E-state index in [2.05, 4.69) is 30.0 Å². The molecule has 0 aromatic heterocycles. The molecule has 0 saturated carbocycles. The number of phenolic OH excluding ortho intramolecular Hbond substituents is 1. The van der Waals surface area contributed by atoms with Crippen LogP contribution in [0.4, 0.5) is 11.4 Å². The molecule has 0 radical (unpaired) electrons. The Kier molecular flexibility index (Phi) is 4.32. The second kappa shape index (κ2) is 6.20. The van der Waals surface area contributed by atoms with Gasteiger partial charge in [0.15, 0.2) is 5.75 Å². The van der Waals surface area contributed by atoms with Crippen LogP contribution in [0.5, 0.6) is 5.75 Å². The van der Waals surface area contributed by atoms with E-state index in [9.17, 15) is 5.11 Å². The Morgan fingerprint density at radius 1 is 1.10 bits per heavy atom. The van der Waals surface area contributed by atoms with Gasteiger partial charge in [0.05, 0.1) is 16.4 Å². The Bertz CT molecular complexity index is 659. The van der Waals surface area contributed by atoms with Crippen LogP contribution in [0.2, 0.25) is 5.02 Å². The maximum absolute atomic E-state index is 10.4. The number of phenols is 1. The first kappa shape index (κ1) is 14.6. The summed E-state index contributed by atoms with van der Waals surface area (Å²) < 4.78 is 0. The van der Waals surface area contributed by atoms with Gasteiger partial charge in [-0.25, -0.2) is 0 Å². The van der Waals surface area contributed by atoms with E-state index in [4.69, 9.17) is 11.6 Å². The van der Waals surface area contributed by atoms with E-state index in [0.717, 1.165) is 29.2 Å². The fourth-order valence-electron chi connectivity index (χ4n) is 2.64. The van der Waals surface area contributed by atoms with E-state index in [1.165, 1.54) is 17.7 Å². The van der Waals surface area contributed by atoms with E-state index < -0.39 is 0 Å². The maximum atomic E-state index is 10.4. The zero-order chi connectivity index (χ0) is 14.8. The van der Waals surface area contributed by atoms with Crippen molar-refractivity contribution < 1.29 is 5.11 Å². The first-order chi connectivity index (χ1) is 10.2. The lowest BCUT2D eigenvalue weighted by molar-refractivity contribution is 0.473. The molecule has 0 aliphatic carbocycles. The monoisotopic (exact) mass is 319 g/mol. The number of anilines is 2. The van der Waals surface area contributed by atoms with Crippen LogP contribution in [0.1, 0.15) is 26.2 Å². The van der Waals surface area contributed by atoms with Crippen molar-refractivity contribution in [3.8, 4) is 5.75 Å². The third-order valence-corrected chi connectivity index (χ3v) is 5.12. The zero-order valence-corrected chi connectivity index (χ0v) is 13.5. The topological polar surface area (TPSA) is 23.5 Å². The van der Waals surface area contributed by atoms with Crippen molar-refractivity contribution >= 4 is 34.7 Å². The molecule has 2 nitrogen and oxygen atoms in total. The van der Waals surface area contributed by atoms with E-state index in [0.29, 0.717) is 5.02 Å². The predicted molar refractivity (Wildman–Crippen MR) is 90.2 cm³/mol. The molecule has 0 saturated heterocycles. The fourth-order valence-corrected chi connectivity index (χ4v) is 3.90. The lowest BCUT2D eigenvalue weighted by Gasteiger charge is -2.33. The van der Waals surface area contributed by atoms with Gasteiger partial charge in [-0.3, -0.25) is 0 Å². The molecule has 1 heterocycles. The quantitative estimate of drug-likeness (QED) is 0.716. The largest absolute Gasteiger partial charge is 0.504 e. The molecule has 2 aromatic rings. The van der Waals surface area contributed by atoms with Crippen molar-refractivity contribution in [2.24, 2.45) is 0 Å². The van der Waals surface area contributed by atoms with Crippen molar-refractivity contribution in [1.29, 1.82) is 0 Å². The number of rotatable bonds is 4. The van der Waals surface area contributed by atoms with E-state index in [1.54, 1.807) is 17.8 Å². The molecule has 110 valence electrons. The molecule has 0 amide bonds. The first-order valence-corrected chi connectivity index (χ1v) is 8.47. The van der Waals surface area contributed by atoms with Gasteiger partial charge < -0.3 is 10.0 Å². The van der Waals surface area contributed by atoms with Crippen molar-refractivity contribution in [3.05, 3.63) is 41.4 Å². The van der Waals surface area contributed by atoms with Crippen LogP contribution >= 0.6 is 23.4 Å². The second-order valence-corrected chi connectivity index (χ2v) is 6.66. The highest BCUT2D eigenvalue weighted by Crippen LogP contribution is 2.53.